The van der Waals surface area contributed by atoms with Gasteiger partial charge in [0.25, 0.3) is 10.0 Å². The van der Waals surface area contributed by atoms with Gasteiger partial charge in [-0.15, -0.1) is 11.3 Å². The molecule has 3 aromatic rings. The third kappa shape index (κ3) is 4.64. The van der Waals surface area contributed by atoms with Gasteiger partial charge in [-0.3, -0.25) is 4.72 Å². The van der Waals surface area contributed by atoms with Crippen LogP contribution in [0.2, 0.25) is 0 Å². The second-order valence-electron chi connectivity index (χ2n) is 6.51. The van der Waals surface area contributed by atoms with Gasteiger partial charge in [-0.1, -0.05) is 17.7 Å². The molecule has 9 heteroatoms. The topological polar surface area (TPSA) is 107 Å². The minimum atomic E-state index is -3.95. The average molecular weight is 450 g/mol. The first-order valence-electron chi connectivity index (χ1n) is 8.49. The Morgan fingerprint density at radius 2 is 1.76 bits per heavy atom. The van der Waals surface area contributed by atoms with Crippen molar-refractivity contribution in [3.8, 4) is 10.4 Å². The van der Waals surface area contributed by atoms with Crippen molar-refractivity contribution in [2.45, 2.75) is 23.6 Å². The maximum atomic E-state index is 12.8. The lowest BCUT2D eigenvalue weighted by Crippen LogP contribution is -2.15. The number of rotatable bonds is 6. The van der Waals surface area contributed by atoms with Gasteiger partial charge >= 0.3 is 5.97 Å². The van der Waals surface area contributed by atoms with E-state index in [1.165, 1.54) is 12.1 Å². The van der Waals surface area contributed by atoms with Gasteiger partial charge in [0, 0.05) is 4.88 Å². The van der Waals surface area contributed by atoms with Gasteiger partial charge in [0.1, 0.15) is 11.1 Å². The number of hydrogen-bond donors (Lipinski definition) is 2. The van der Waals surface area contributed by atoms with E-state index in [9.17, 15) is 22.9 Å². The summed E-state index contributed by atoms with van der Waals surface area (Å²) in [7, 11) is -3.95. The molecule has 1 heterocycles. The molecular weight excluding hydrogens is 430 g/mol. The smallest absolute Gasteiger partial charge is 0.348 e. The summed E-state index contributed by atoms with van der Waals surface area (Å²) in [5.41, 5.74) is 2.24. The Bertz CT molecular complexity index is 1170. The van der Waals surface area contributed by atoms with Crippen LogP contribution in [0.1, 0.15) is 20.8 Å². The van der Waals surface area contributed by atoms with Crippen LogP contribution >= 0.6 is 11.3 Å². The van der Waals surface area contributed by atoms with Crippen molar-refractivity contribution in [3.63, 3.8) is 0 Å². The van der Waals surface area contributed by atoms with Crippen LogP contribution in [0.15, 0.2) is 58.3 Å². The summed E-state index contributed by atoms with van der Waals surface area (Å²) in [6.45, 7) is 3.56. The molecule has 1 unspecified atom stereocenters. The molecule has 0 saturated carbocycles. The Kier molecular flexibility index (Phi) is 6.04. The number of hydrogen-bond acceptors (Lipinski definition) is 5. The molecule has 0 saturated heterocycles. The predicted octanol–water partition coefficient (Wildman–Crippen LogP) is 4.27. The zero-order valence-corrected chi connectivity index (χ0v) is 18.4. The predicted molar refractivity (Wildman–Crippen MR) is 116 cm³/mol. The van der Waals surface area contributed by atoms with Crippen molar-refractivity contribution in [2.75, 3.05) is 11.0 Å². The van der Waals surface area contributed by atoms with E-state index in [0.29, 0.717) is 20.9 Å². The van der Waals surface area contributed by atoms with Crippen LogP contribution in [0.5, 0.6) is 0 Å². The van der Waals surface area contributed by atoms with Gasteiger partial charge < -0.3 is 9.66 Å². The number of carbonyl (C=O) groups is 1. The zero-order valence-electron chi connectivity index (χ0n) is 15.9. The van der Waals surface area contributed by atoms with E-state index in [1.807, 2.05) is 6.92 Å². The number of thiophene rings is 1. The average Bonchev–Trinajstić information content (AvgIpc) is 3.04. The highest BCUT2D eigenvalue weighted by Crippen LogP contribution is 2.36. The molecular formula is C20H19NO5S3. The van der Waals surface area contributed by atoms with Crippen molar-refractivity contribution >= 4 is 44.2 Å². The fourth-order valence-corrected chi connectivity index (χ4v) is 5.71. The minimum Gasteiger partial charge on any atom is -0.612 e. The van der Waals surface area contributed by atoms with Gasteiger partial charge in [0.05, 0.1) is 10.6 Å². The largest absolute Gasteiger partial charge is 0.612 e. The molecule has 0 radical (unpaired) electrons. The lowest BCUT2D eigenvalue weighted by atomic mass is 10.2. The summed E-state index contributed by atoms with van der Waals surface area (Å²) in [5.74, 6) is -1.22. The fraction of sp³-hybridized carbons (Fsp3) is 0.150. The van der Waals surface area contributed by atoms with Gasteiger partial charge in [-0.2, -0.15) is 0 Å². The number of anilines is 1. The molecule has 29 heavy (non-hydrogen) atoms. The summed E-state index contributed by atoms with van der Waals surface area (Å²) in [6, 6.07) is 13.3. The first-order chi connectivity index (χ1) is 13.6. The molecule has 1 atom stereocenters. The third-order valence-electron chi connectivity index (χ3n) is 4.26. The van der Waals surface area contributed by atoms with Crippen LogP contribution in [0.4, 0.5) is 5.69 Å². The minimum absolute atomic E-state index is 0.0145. The lowest BCUT2D eigenvalue weighted by molar-refractivity contribution is 0.0703. The van der Waals surface area contributed by atoms with Crippen LogP contribution in [-0.2, 0) is 21.2 Å². The van der Waals surface area contributed by atoms with Crippen LogP contribution in [0.3, 0.4) is 0 Å². The normalized spacial score (nSPS) is 12.6. The standard InChI is InChI=1S/C20H19NO5S3/c1-12-4-9-18(13(2)10-12)29(25,26)21-16-11-17(27-19(16)20(22)23)14-5-7-15(8-6-14)28(3)24/h4-11,21H,1-3H3,(H,22,23). The van der Waals surface area contributed by atoms with Crippen molar-refractivity contribution in [1.29, 1.82) is 0 Å². The Labute approximate surface area is 176 Å². The van der Waals surface area contributed by atoms with Crippen molar-refractivity contribution in [3.05, 3.63) is 64.5 Å². The van der Waals surface area contributed by atoms with E-state index in [0.717, 1.165) is 16.9 Å². The first-order valence-corrected chi connectivity index (χ1v) is 12.4. The second-order valence-corrected chi connectivity index (χ2v) is 10.6. The molecule has 0 spiro atoms. The van der Waals surface area contributed by atoms with E-state index < -0.39 is 27.2 Å². The lowest BCUT2D eigenvalue weighted by Gasteiger charge is -2.10. The summed E-state index contributed by atoms with van der Waals surface area (Å²) >= 11 is -0.146. The number of carboxylic acid groups (broad SMARTS) is 1. The molecule has 2 aromatic carbocycles. The Hall–Kier alpha value is -2.33. The molecule has 0 aliphatic rings. The highest BCUT2D eigenvalue weighted by atomic mass is 32.2. The van der Waals surface area contributed by atoms with Crippen molar-refractivity contribution < 1.29 is 22.9 Å². The maximum Gasteiger partial charge on any atom is 0.348 e. The number of aryl methyl sites for hydroxylation is 2. The number of nitrogens with one attached hydrogen (secondary N) is 1. The van der Waals surface area contributed by atoms with Gasteiger partial charge in [-0.25, -0.2) is 13.2 Å². The summed E-state index contributed by atoms with van der Waals surface area (Å²) in [5, 5.41) is 9.54. The van der Waals surface area contributed by atoms with E-state index in [-0.39, 0.29) is 15.5 Å². The molecule has 3 rings (SSSR count). The summed E-state index contributed by atoms with van der Waals surface area (Å²) in [4.78, 5) is 12.9. The zero-order chi connectivity index (χ0) is 21.3. The van der Waals surface area contributed by atoms with E-state index in [1.54, 1.807) is 49.6 Å². The molecule has 0 bridgehead atoms. The first kappa shape index (κ1) is 21.4. The van der Waals surface area contributed by atoms with E-state index in [2.05, 4.69) is 4.72 Å². The second kappa shape index (κ2) is 8.19. The maximum absolute atomic E-state index is 12.8. The molecule has 152 valence electrons. The Morgan fingerprint density at radius 1 is 1.10 bits per heavy atom. The van der Waals surface area contributed by atoms with E-state index in [4.69, 9.17) is 0 Å². The Balaban J connectivity index is 2.00. The van der Waals surface area contributed by atoms with E-state index >= 15 is 0 Å². The summed E-state index contributed by atoms with van der Waals surface area (Å²) < 4.78 is 39.6. The molecule has 0 aliphatic heterocycles. The Morgan fingerprint density at radius 3 is 2.31 bits per heavy atom. The molecule has 6 nitrogen and oxygen atoms in total. The molecule has 2 N–H and O–H groups in total. The van der Waals surface area contributed by atoms with Gasteiger partial charge in [-0.05, 0) is 72.5 Å². The number of sulfonamides is 1. The molecule has 0 amide bonds. The molecule has 0 fully saturated rings. The van der Waals surface area contributed by atoms with Crippen LogP contribution in [0, 0.1) is 13.8 Å². The molecule has 0 aliphatic carbocycles. The highest BCUT2D eigenvalue weighted by molar-refractivity contribution is 7.92. The number of benzene rings is 2. The summed E-state index contributed by atoms with van der Waals surface area (Å²) in [6.07, 6.45) is 1.57. The van der Waals surface area contributed by atoms with Crippen LogP contribution in [-0.4, -0.2) is 30.3 Å². The number of aromatic carboxylic acids is 1. The van der Waals surface area contributed by atoms with Crippen molar-refractivity contribution in [2.24, 2.45) is 0 Å². The van der Waals surface area contributed by atoms with Crippen molar-refractivity contribution in [1.82, 2.24) is 0 Å². The van der Waals surface area contributed by atoms with Gasteiger partial charge in [0.2, 0.25) is 0 Å². The highest BCUT2D eigenvalue weighted by Gasteiger charge is 2.23. The van der Waals surface area contributed by atoms with Crippen LogP contribution < -0.4 is 4.72 Å². The molecule has 1 aromatic heterocycles. The third-order valence-corrected chi connectivity index (χ3v) is 7.90. The van der Waals surface area contributed by atoms with Crippen LogP contribution in [0.25, 0.3) is 10.4 Å². The quantitative estimate of drug-likeness (QED) is 0.547. The monoisotopic (exact) mass is 449 g/mol. The fourth-order valence-electron chi connectivity index (χ4n) is 2.88. The number of carboxylic acids is 1. The SMILES string of the molecule is Cc1ccc(S(=O)(=O)Nc2cc(-c3ccc([S+](C)[O-])cc3)sc2C(=O)O)c(C)c1. The van der Waals surface area contributed by atoms with Gasteiger partial charge in [0.15, 0.2) is 4.90 Å².